The van der Waals surface area contributed by atoms with Crippen molar-refractivity contribution >= 4 is 23.8 Å². The number of nitrogens with zero attached hydrogens (tertiary/aromatic N) is 1. The highest BCUT2D eigenvalue weighted by Gasteiger charge is 2.28. The van der Waals surface area contributed by atoms with Gasteiger partial charge in [0.1, 0.15) is 31.0 Å². The number of ether oxygens (including phenoxy) is 2. The molecule has 0 aliphatic carbocycles. The van der Waals surface area contributed by atoms with Crippen molar-refractivity contribution in [2.24, 2.45) is 5.92 Å². The van der Waals surface area contributed by atoms with E-state index in [4.69, 9.17) is 9.47 Å². The number of imidazole rings is 1. The first-order chi connectivity index (χ1) is 18.2. The second-order valence-electron chi connectivity index (χ2n) is 9.16. The second-order valence-corrected chi connectivity index (χ2v) is 9.16. The quantitative estimate of drug-likeness (QED) is 0.312. The Hall–Kier alpha value is -4.47. The molecular weight excluding hydrogens is 488 g/mol. The average molecular weight is 521 g/mol. The molecule has 1 heterocycles. The lowest BCUT2D eigenvalue weighted by atomic mass is 10.0. The van der Waals surface area contributed by atoms with Crippen molar-refractivity contribution < 1.29 is 28.7 Å². The predicted octanol–water partition coefficient (Wildman–Crippen LogP) is 3.16. The standard InChI is InChI=1S/C28H32N4O6/c1-18(2)14-22(28(36)38-16-21-12-8-5-9-13-21)32-26(34)24-23(29-17-30-24)25(33)31-19(3)27(35)37-15-20-10-6-4-7-11-20/h4-13,17-19,22H,14-16H2,1-3H3,(H,29,30)(H,31,33)(H,32,34)/t19-,22-/m0/s1. The molecule has 0 spiro atoms. The topological polar surface area (TPSA) is 139 Å². The van der Waals surface area contributed by atoms with E-state index in [9.17, 15) is 19.2 Å². The van der Waals surface area contributed by atoms with Crippen LogP contribution in [-0.2, 0) is 32.3 Å². The summed E-state index contributed by atoms with van der Waals surface area (Å²) < 4.78 is 10.7. The van der Waals surface area contributed by atoms with Crippen molar-refractivity contribution in [3.63, 3.8) is 0 Å². The van der Waals surface area contributed by atoms with Crippen LogP contribution in [0.1, 0.15) is 59.3 Å². The van der Waals surface area contributed by atoms with Gasteiger partial charge < -0.3 is 25.1 Å². The molecule has 0 saturated carbocycles. The third-order valence-electron chi connectivity index (χ3n) is 5.53. The van der Waals surface area contributed by atoms with E-state index in [1.54, 1.807) is 0 Å². The lowest BCUT2D eigenvalue weighted by Crippen LogP contribution is -2.44. The molecule has 38 heavy (non-hydrogen) atoms. The predicted molar refractivity (Wildman–Crippen MR) is 139 cm³/mol. The van der Waals surface area contributed by atoms with Crippen molar-refractivity contribution in [1.29, 1.82) is 0 Å². The summed E-state index contributed by atoms with van der Waals surface area (Å²) in [5.41, 5.74) is 1.27. The molecule has 200 valence electrons. The molecule has 0 radical (unpaired) electrons. The number of hydrogen-bond acceptors (Lipinski definition) is 7. The number of benzene rings is 2. The molecule has 0 aliphatic heterocycles. The molecule has 0 bridgehead atoms. The Balaban J connectivity index is 1.60. The molecule has 3 N–H and O–H groups in total. The summed E-state index contributed by atoms with van der Waals surface area (Å²) in [6, 6.07) is 16.4. The molecule has 0 saturated heterocycles. The highest BCUT2D eigenvalue weighted by atomic mass is 16.5. The van der Waals surface area contributed by atoms with Crippen LogP contribution in [0, 0.1) is 5.92 Å². The van der Waals surface area contributed by atoms with Crippen LogP contribution in [0.3, 0.4) is 0 Å². The Morgan fingerprint density at radius 2 is 1.34 bits per heavy atom. The van der Waals surface area contributed by atoms with Crippen molar-refractivity contribution in [2.45, 2.75) is 52.5 Å². The summed E-state index contributed by atoms with van der Waals surface area (Å²) in [5.74, 6) is -2.59. The normalized spacial score (nSPS) is 12.3. The maximum Gasteiger partial charge on any atom is 0.328 e. The average Bonchev–Trinajstić information content (AvgIpc) is 3.41. The monoisotopic (exact) mass is 520 g/mol. The van der Waals surface area contributed by atoms with Crippen molar-refractivity contribution in [3.05, 3.63) is 89.5 Å². The highest BCUT2D eigenvalue weighted by molar-refractivity contribution is 6.06. The first-order valence-corrected chi connectivity index (χ1v) is 12.3. The number of hydrogen-bond donors (Lipinski definition) is 3. The van der Waals surface area contributed by atoms with Gasteiger partial charge in [-0.25, -0.2) is 14.6 Å². The Morgan fingerprint density at radius 1 is 0.789 bits per heavy atom. The first-order valence-electron chi connectivity index (χ1n) is 12.3. The van der Waals surface area contributed by atoms with Gasteiger partial charge in [0.2, 0.25) is 0 Å². The van der Waals surface area contributed by atoms with Crippen LogP contribution in [0.4, 0.5) is 0 Å². The summed E-state index contributed by atoms with van der Waals surface area (Å²) in [4.78, 5) is 57.5. The van der Waals surface area contributed by atoms with Gasteiger partial charge in [0.05, 0.1) is 6.33 Å². The highest BCUT2D eigenvalue weighted by Crippen LogP contribution is 2.11. The number of carbonyl (C=O) groups excluding carboxylic acids is 4. The van der Waals surface area contributed by atoms with E-state index in [0.717, 1.165) is 11.1 Å². The van der Waals surface area contributed by atoms with Crippen LogP contribution in [0.25, 0.3) is 0 Å². The summed E-state index contributed by atoms with van der Waals surface area (Å²) in [5, 5.41) is 5.13. The summed E-state index contributed by atoms with van der Waals surface area (Å²) >= 11 is 0. The molecule has 2 aromatic carbocycles. The lowest BCUT2D eigenvalue weighted by molar-refractivity contribution is -0.148. The van der Waals surface area contributed by atoms with E-state index in [1.807, 2.05) is 74.5 Å². The Bertz CT molecular complexity index is 1230. The third-order valence-corrected chi connectivity index (χ3v) is 5.53. The fourth-order valence-corrected chi connectivity index (χ4v) is 3.56. The van der Waals surface area contributed by atoms with Crippen molar-refractivity contribution in [2.75, 3.05) is 0 Å². The van der Waals surface area contributed by atoms with E-state index in [2.05, 4.69) is 20.6 Å². The van der Waals surface area contributed by atoms with Gasteiger partial charge in [-0.1, -0.05) is 74.5 Å². The maximum absolute atomic E-state index is 13.0. The Morgan fingerprint density at radius 3 is 1.89 bits per heavy atom. The molecule has 10 nitrogen and oxygen atoms in total. The number of carbonyl (C=O) groups is 4. The number of esters is 2. The minimum absolute atomic E-state index is 0.0631. The maximum atomic E-state index is 13.0. The molecule has 0 fully saturated rings. The van der Waals surface area contributed by atoms with Crippen molar-refractivity contribution in [1.82, 2.24) is 20.6 Å². The molecule has 0 aliphatic rings. The zero-order valence-electron chi connectivity index (χ0n) is 21.6. The number of rotatable bonds is 12. The van der Waals surface area contributed by atoms with Gasteiger partial charge in [-0.3, -0.25) is 9.59 Å². The van der Waals surface area contributed by atoms with Gasteiger partial charge in [-0.05, 0) is 30.4 Å². The lowest BCUT2D eigenvalue weighted by Gasteiger charge is -2.19. The molecule has 1 aromatic heterocycles. The van der Waals surface area contributed by atoms with E-state index in [0.29, 0.717) is 6.42 Å². The molecule has 0 unspecified atom stereocenters. The summed E-state index contributed by atoms with van der Waals surface area (Å²) in [6.07, 6.45) is 1.52. The number of nitrogens with one attached hydrogen (secondary N) is 3. The largest absolute Gasteiger partial charge is 0.459 e. The summed E-state index contributed by atoms with van der Waals surface area (Å²) in [6.45, 7) is 5.43. The van der Waals surface area contributed by atoms with Crippen molar-refractivity contribution in [3.8, 4) is 0 Å². The Labute approximate surface area is 221 Å². The number of H-pyrrole nitrogens is 1. The zero-order valence-corrected chi connectivity index (χ0v) is 21.6. The van der Waals surface area contributed by atoms with Gasteiger partial charge in [0, 0.05) is 0 Å². The van der Waals surface area contributed by atoms with Crippen LogP contribution in [0.5, 0.6) is 0 Å². The van der Waals surface area contributed by atoms with E-state index < -0.39 is 35.8 Å². The number of aromatic amines is 1. The van der Waals surface area contributed by atoms with Crippen LogP contribution in [0.15, 0.2) is 67.0 Å². The third kappa shape index (κ3) is 8.29. The van der Waals surface area contributed by atoms with Crippen LogP contribution in [0.2, 0.25) is 0 Å². The van der Waals surface area contributed by atoms with Gasteiger partial charge in [-0.15, -0.1) is 0 Å². The molecule has 3 aromatic rings. The second kappa shape index (κ2) is 13.7. The smallest absolute Gasteiger partial charge is 0.328 e. The molecule has 2 amide bonds. The van der Waals surface area contributed by atoms with Gasteiger partial charge in [0.15, 0.2) is 5.69 Å². The molecular formula is C28H32N4O6. The van der Waals surface area contributed by atoms with Crippen LogP contribution >= 0.6 is 0 Å². The first kappa shape index (κ1) is 28.1. The summed E-state index contributed by atoms with van der Waals surface area (Å²) in [7, 11) is 0. The van der Waals surface area contributed by atoms with E-state index in [1.165, 1.54) is 13.3 Å². The van der Waals surface area contributed by atoms with E-state index in [-0.39, 0.29) is 30.5 Å². The minimum atomic E-state index is -0.986. The fraction of sp³-hybridized carbons (Fsp3) is 0.321. The molecule has 2 atom stereocenters. The van der Waals surface area contributed by atoms with Gasteiger partial charge in [-0.2, -0.15) is 0 Å². The molecule has 10 heteroatoms. The molecule has 3 rings (SSSR count). The van der Waals surface area contributed by atoms with E-state index >= 15 is 0 Å². The number of amides is 2. The minimum Gasteiger partial charge on any atom is -0.459 e. The van der Waals surface area contributed by atoms with Gasteiger partial charge >= 0.3 is 11.9 Å². The Kier molecular flexibility index (Phi) is 10.2. The van der Waals surface area contributed by atoms with Crippen LogP contribution in [-0.4, -0.2) is 45.8 Å². The van der Waals surface area contributed by atoms with Gasteiger partial charge in [0.25, 0.3) is 11.8 Å². The zero-order chi connectivity index (χ0) is 27.5. The SMILES string of the molecule is CC(C)C[C@H](NC(=O)c1[nH]cnc1C(=O)N[C@@H](C)C(=O)OCc1ccccc1)C(=O)OCc1ccccc1. The van der Waals surface area contributed by atoms with Crippen LogP contribution < -0.4 is 10.6 Å². The number of aromatic nitrogens is 2. The fourth-order valence-electron chi connectivity index (χ4n) is 3.56.